The zero-order valence-corrected chi connectivity index (χ0v) is 14.6. The number of carbonyl (C=O) groups is 2. The fourth-order valence-electron chi connectivity index (χ4n) is 3.81. The molecule has 25 heavy (non-hydrogen) atoms. The lowest BCUT2D eigenvalue weighted by atomic mass is 9.78. The second-order valence-electron chi connectivity index (χ2n) is 6.66. The van der Waals surface area contributed by atoms with E-state index in [1.807, 2.05) is 18.2 Å². The fraction of sp³-hybridized carbons (Fsp3) is 0.400. The van der Waals surface area contributed by atoms with Crippen molar-refractivity contribution in [1.29, 1.82) is 0 Å². The van der Waals surface area contributed by atoms with E-state index in [0.717, 1.165) is 0 Å². The number of hydrogen-bond acceptors (Lipinski definition) is 4. The Kier molecular flexibility index (Phi) is 4.77. The summed E-state index contributed by atoms with van der Waals surface area (Å²) in [5, 5.41) is 12.0. The molecule has 0 amide bonds. The van der Waals surface area contributed by atoms with E-state index in [-0.39, 0.29) is 18.9 Å². The molecular formula is C20H23NO4. The summed E-state index contributed by atoms with van der Waals surface area (Å²) in [5.41, 5.74) is -0.192. The monoisotopic (exact) mass is 341 g/mol. The van der Waals surface area contributed by atoms with Crippen LogP contribution in [-0.4, -0.2) is 42.1 Å². The SMILES string of the molecule is COC(=O)C1(C(=O)O)CCN([C@H](C)c2cccc3ccccc23)CC1. The number of ether oxygens (including phenoxy) is 1. The molecule has 1 heterocycles. The Morgan fingerprint density at radius 3 is 2.40 bits per heavy atom. The Labute approximate surface area is 147 Å². The summed E-state index contributed by atoms with van der Waals surface area (Å²) in [6.07, 6.45) is 0.536. The number of aliphatic carboxylic acids is 1. The fourth-order valence-corrected chi connectivity index (χ4v) is 3.81. The molecular weight excluding hydrogens is 318 g/mol. The van der Waals surface area contributed by atoms with Gasteiger partial charge in [0.1, 0.15) is 0 Å². The minimum absolute atomic E-state index is 0.149. The van der Waals surface area contributed by atoms with E-state index in [4.69, 9.17) is 4.74 Å². The number of piperidine rings is 1. The Balaban J connectivity index is 1.83. The molecule has 5 heteroatoms. The number of benzene rings is 2. The highest BCUT2D eigenvalue weighted by Crippen LogP contribution is 2.37. The molecule has 5 nitrogen and oxygen atoms in total. The second kappa shape index (κ2) is 6.84. The third kappa shape index (κ3) is 3.00. The topological polar surface area (TPSA) is 66.8 Å². The number of rotatable bonds is 4. The van der Waals surface area contributed by atoms with Crippen molar-refractivity contribution in [2.45, 2.75) is 25.8 Å². The molecule has 1 fully saturated rings. The molecule has 0 saturated carbocycles. The standard InChI is InChI=1S/C20H23NO4/c1-14(16-9-5-7-15-6-3-4-8-17(15)16)21-12-10-20(11-13-21,18(22)23)19(24)25-2/h3-9,14H,10-13H2,1-2H3,(H,22,23)/t14-/m1/s1. The summed E-state index contributed by atoms with van der Waals surface area (Å²) in [6, 6.07) is 14.7. The molecule has 0 aromatic heterocycles. The molecule has 0 unspecified atom stereocenters. The summed E-state index contributed by atoms with van der Waals surface area (Å²) in [5.74, 6) is -1.73. The first-order valence-corrected chi connectivity index (χ1v) is 8.53. The van der Waals surface area contributed by atoms with Gasteiger partial charge < -0.3 is 9.84 Å². The van der Waals surface area contributed by atoms with Gasteiger partial charge in [0.15, 0.2) is 5.41 Å². The van der Waals surface area contributed by atoms with Crippen LogP contribution in [0.1, 0.15) is 31.4 Å². The predicted molar refractivity (Wildman–Crippen MR) is 95.3 cm³/mol. The highest BCUT2D eigenvalue weighted by Gasteiger charge is 2.49. The number of carbonyl (C=O) groups excluding carboxylic acids is 1. The van der Waals surface area contributed by atoms with Gasteiger partial charge in [-0.25, -0.2) is 0 Å². The van der Waals surface area contributed by atoms with Gasteiger partial charge in [0, 0.05) is 19.1 Å². The highest BCUT2D eigenvalue weighted by atomic mass is 16.5. The van der Waals surface area contributed by atoms with Crippen molar-refractivity contribution in [3.8, 4) is 0 Å². The van der Waals surface area contributed by atoms with Crippen LogP contribution in [0.5, 0.6) is 0 Å². The first kappa shape index (κ1) is 17.4. The van der Waals surface area contributed by atoms with Gasteiger partial charge in [0.25, 0.3) is 0 Å². The van der Waals surface area contributed by atoms with Gasteiger partial charge >= 0.3 is 11.9 Å². The Hall–Kier alpha value is -2.40. The van der Waals surface area contributed by atoms with Gasteiger partial charge in [-0.05, 0) is 36.1 Å². The molecule has 1 N–H and O–H groups in total. The van der Waals surface area contributed by atoms with Crippen molar-refractivity contribution in [1.82, 2.24) is 4.90 Å². The van der Waals surface area contributed by atoms with E-state index in [2.05, 4.69) is 36.1 Å². The average Bonchev–Trinajstić information content (AvgIpc) is 2.66. The smallest absolute Gasteiger partial charge is 0.323 e. The van der Waals surface area contributed by atoms with Crippen LogP contribution < -0.4 is 0 Å². The van der Waals surface area contributed by atoms with Crippen molar-refractivity contribution in [2.75, 3.05) is 20.2 Å². The van der Waals surface area contributed by atoms with Crippen molar-refractivity contribution in [2.24, 2.45) is 5.41 Å². The third-order valence-corrected chi connectivity index (χ3v) is 5.46. The van der Waals surface area contributed by atoms with Gasteiger partial charge in [0.2, 0.25) is 0 Å². The molecule has 2 aromatic rings. The molecule has 0 aliphatic carbocycles. The molecule has 2 aromatic carbocycles. The summed E-state index contributed by atoms with van der Waals surface area (Å²) in [4.78, 5) is 26.0. The second-order valence-corrected chi connectivity index (χ2v) is 6.66. The van der Waals surface area contributed by atoms with E-state index in [9.17, 15) is 14.7 Å². The lowest BCUT2D eigenvalue weighted by Gasteiger charge is -2.40. The van der Waals surface area contributed by atoms with Gasteiger partial charge in [0.05, 0.1) is 7.11 Å². The Morgan fingerprint density at radius 1 is 1.12 bits per heavy atom. The molecule has 0 radical (unpaired) electrons. The zero-order valence-electron chi connectivity index (χ0n) is 14.6. The largest absolute Gasteiger partial charge is 0.480 e. The van der Waals surface area contributed by atoms with Gasteiger partial charge in [-0.1, -0.05) is 42.5 Å². The van der Waals surface area contributed by atoms with E-state index in [1.165, 1.54) is 23.4 Å². The first-order chi connectivity index (χ1) is 12.0. The van der Waals surface area contributed by atoms with Crippen LogP contribution in [0.2, 0.25) is 0 Å². The maximum absolute atomic E-state index is 12.0. The van der Waals surface area contributed by atoms with Crippen LogP contribution >= 0.6 is 0 Å². The average molecular weight is 341 g/mol. The molecule has 3 rings (SSSR count). The lowest BCUT2D eigenvalue weighted by molar-refractivity contribution is -0.171. The highest BCUT2D eigenvalue weighted by molar-refractivity contribution is 5.99. The van der Waals surface area contributed by atoms with Crippen LogP contribution in [0.3, 0.4) is 0 Å². The maximum Gasteiger partial charge on any atom is 0.323 e. The molecule has 1 aliphatic rings. The molecule has 132 valence electrons. The molecule has 1 saturated heterocycles. The summed E-state index contributed by atoms with van der Waals surface area (Å²) < 4.78 is 4.75. The Morgan fingerprint density at radius 2 is 1.76 bits per heavy atom. The van der Waals surface area contributed by atoms with Crippen LogP contribution in [0.25, 0.3) is 10.8 Å². The number of carboxylic acid groups (broad SMARTS) is 1. The number of likely N-dealkylation sites (tertiary alicyclic amines) is 1. The van der Waals surface area contributed by atoms with Gasteiger partial charge in [-0.3, -0.25) is 14.5 Å². The van der Waals surface area contributed by atoms with Crippen LogP contribution in [0.4, 0.5) is 0 Å². The van der Waals surface area contributed by atoms with Crippen LogP contribution in [0.15, 0.2) is 42.5 Å². The maximum atomic E-state index is 12.0. The van der Waals surface area contributed by atoms with Gasteiger partial charge in [-0.15, -0.1) is 0 Å². The van der Waals surface area contributed by atoms with Crippen molar-refractivity contribution in [3.05, 3.63) is 48.0 Å². The minimum Gasteiger partial charge on any atom is -0.480 e. The molecule has 1 aliphatic heterocycles. The van der Waals surface area contributed by atoms with Crippen LogP contribution in [0, 0.1) is 5.41 Å². The molecule has 1 atom stereocenters. The van der Waals surface area contributed by atoms with E-state index in [1.54, 1.807) is 0 Å². The normalized spacial score (nSPS) is 18.6. The number of nitrogens with zero attached hydrogens (tertiary/aromatic N) is 1. The summed E-state index contributed by atoms with van der Waals surface area (Å²) >= 11 is 0. The molecule has 0 spiro atoms. The Bertz CT molecular complexity index is 788. The number of methoxy groups -OCH3 is 1. The predicted octanol–water partition coefficient (Wildman–Crippen LogP) is 3.24. The summed E-state index contributed by atoms with van der Waals surface area (Å²) in [7, 11) is 1.25. The van der Waals surface area contributed by atoms with E-state index < -0.39 is 17.4 Å². The zero-order chi connectivity index (χ0) is 18.0. The van der Waals surface area contributed by atoms with E-state index >= 15 is 0 Å². The first-order valence-electron chi connectivity index (χ1n) is 8.53. The van der Waals surface area contributed by atoms with Crippen LogP contribution in [-0.2, 0) is 14.3 Å². The number of hydrogen-bond donors (Lipinski definition) is 1. The number of esters is 1. The van der Waals surface area contributed by atoms with Crippen molar-refractivity contribution < 1.29 is 19.4 Å². The van der Waals surface area contributed by atoms with Crippen molar-refractivity contribution >= 4 is 22.7 Å². The third-order valence-electron chi connectivity index (χ3n) is 5.46. The summed E-state index contributed by atoms with van der Waals surface area (Å²) in [6.45, 7) is 3.23. The quantitative estimate of drug-likeness (QED) is 0.683. The van der Waals surface area contributed by atoms with E-state index in [0.29, 0.717) is 13.1 Å². The van der Waals surface area contributed by atoms with Crippen molar-refractivity contribution in [3.63, 3.8) is 0 Å². The van der Waals surface area contributed by atoms with Gasteiger partial charge in [-0.2, -0.15) is 0 Å². The minimum atomic E-state index is -1.41. The number of carboxylic acids is 1. The number of fused-ring (bicyclic) bond motifs is 1. The molecule has 0 bridgehead atoms. The lowest BCUT2D eigenvalue weighted by Crippen LogP contribution is -2.50.